The number of rotatable bonds is 7. The number of H-pyrrole nitrogens is 1. The molecule has 0 unspecified atom stereocenters. The van der Waals surface area contributed by atoms with E-state index >= 15 is 0 Å². The Kier molecular flexibility index (Phi) is 5.58. The predicted octanol–water partition coefficient (Wildman–Crippen LogP) is 3.77. The van der Waals surface area contributed by atoms with Gasteiger partial charge in [-0.15, -0.1) is 0 Å². The van der Waals surface area contributed by atoms with Gasteiger partial charge in [-0.3, -0.25) is 9.69 Å². The van der Waals surface area contributed by atoms with Crippen LogP contribution in [0.5, 0.6) is 5.75 Å². The third kappa shape index (κ3) is 4.17. The van der Waals surface area contributed by atoms with Gasteiger partial charge in [0.2, 0.25) is 0 Å². The second-order valence-electron chi connectivity index (χ2n) is 7.12. The molecule has 0 amide bonds. The van der Waals surface area contributed by atoms with Crippen LogP contribution in [-0.4, -0.2) is 28.0 Å². The van der Waals surface area contributed by atoms with Crippen LogP contribution >= 0.6 is 0 Å². The van der Waals surface area contributed by atoms with Crippen LogP contribution in [-0.2, 0) is 19.5 Å². The normalized spacial score (nSPS) is 14.0. The molecule has 0 fully saturated rings. The first-order chi connectivity index (χ1) is 13.7. The van der Waals surface area contributed by atoms with Crippen LogP contribution in [0.15, 0.2) is 51.9 Å². The summed E-state index contributed by atoms with van der Waals surface area (Å²) in [6.07, 6.45) is 4.53. The van der Waals surface area contributed by atoms with E-state index < -0.39 is 0 Å². The highest BCUT2D eigenvalue weighted by Crippen LogP contribution is 2.21. The van der Waals surface area contributed by atoms with Crippen LogP contribution in [0.4, 0.5) is 0 Å². The van der Waals surface area contributed by atoms with Gasteiger partial charge in [-0.2, -0.15) is 0 Å². The zero-order valence-corrected chi connectivity index (χ0v) is 16.1. The molecule has 6 nitrogen and oxygen atoms in total. The Morgan fingerprint density at radius 1 is 1.25 bits per heavy atom. The highest BCUT2D eigenvalue weighted by Gasteiger charge is 2.22. The average Bonchev–Trinajstić information content (AvgIpc) is 3.25. The number of nitrogens with one attached hydrogen (secondary N) is 1. The van der Waals surface area contributed by atoms with E-state index in [2.05, 4.69) is 33.9 Å². The maximum absolute atomic E-state index is 12.6. The molecule has 0 spiro atoms. The number of benzene rings is 1. The molecule has 146 valence electrons. The second kappa shape index (κ2) is 8.44. The summed E-state index contributed by atoms with van der Waals surface area (Å²) in [6.45, 7) is 5.19. The lowest BCUT2D eigenvalue weighted by Gasteiger charge is -2.27. The van der Waals surface area contributed by atoms with Crippen molar-refractivity contribution in [3.05, 3.63) is 69.8 Å². The minimum Gasteiger partial charge on any atom is -0.494 e. The molecule has 28 heavy (non-hydrogen) atoms. The van der Waals surface area contributed by atoms with E-state index in [1.54, 1.807) is 18.4 Å². The number of ether oxygens (including phenoxy) is 1. The van der Waals surface area contributed by atoms with Crippen molar-refractivity contribution < 1.29 is 9.15 Å². The molecule has 0 saturated carbocycles. The number of hydrogen-bond acceptors (Lipinski definition) is 5. The second-order valence-corrected chi connectivity index (χ2v) is 7.12. The largest absolute Gasteiger partial charge is 0.494 e. The first-order valence-electron chi connectivity index (χ1n) is 9.83. The predicted molar refractivity (Wildman–Crippen MR) is 107 cm³/mol. The Morgan fingerprint density at radius 3 is 2.86 bits per heavy atom. The molecular weight excluding hydrogens is 354 g/mol. The molecule has 1 aromatic carbocycles. The third-order valence-electron chi connectivity index (χ3n) is 5.00. The fourth-order valence-electron chi connectivity index (χ4n) is 3.43. The average molecular weight is 379 g/mol. The van der Waals surface area contributed by atoms with Gasteiger partial charge in [0, 0.05) is 26.1 Å². The number of furan rings is 1. The zero-order valence-electron chi connectivity index (χ0n) is 16.1. The van der Waals surface area contributed by atoms with E-state index in [-0.39, 0.29) is 5.56 Å². The van der Waals surface area contributed by atoms with E-state index in [9.17, 15) is 4.79 Å². The number of hydrogen-bond donors (Lipinski definition) is 1. The van der Waals surface area contributed by atoms with Gasteiger partial charge in [0.05, 0.1) is 24.1 Å². The number of nitrogens with zero attached hydrogens (tertiary/aromatic N) is 2. The van der Waals surface area contributed by atoms with Crippen molar-refractivity contribution in [1.82, 2.24) is 14.9 Å². The minimum absolute atomic E-state index is 0.0826. The lowest BCUT2D eigenvalue weighted by Crippen LogP contribution is -2.35. The number of fused-ring (bicyclic) bond motifs is 1. The molecular formula is C22H25N3O3. The van der Waals surface area contributed by atoms with Crippen molar-refractivity contribution in [2.24, 2.45) is 0 Å². The van der Waals surface area contributed by atoms with Gasteiger partial charge in [0.15, 0.2) is 11.6 Å². The molecule has 6 heteroatoms. The summed E-state index contributed by atoms with van der Waals surface area (Å²) in [7, 11) is 0. The standard InChI is InChI=1S/C22H25N3O3/c1-2-3-12-27-17-8-6-16(7-9-17)14-25-11-10-19-18(15-25)22(26)24-21(23-19)20-5-4-13-28-20/h4-9,13H,2-3,10-12,14-15H2,1H3,(H,23,24,26). The Bertz CT molecular complexity index is 962. The molecule has 3 heterocycles. The van der Waals surface area contributed by atoms with E-state index in [0.717, 1.165) is 56.0 Å². The summed E-state index contributed by atoms with van der Waals surface area (Å²) in [5.41, 5.74) is 2.75. The van der Waals surface area contributed by atoms with E-state index in [4.69, 9.17) is 9.15 Å². The summed E-state index contributed by atoms with van der Waals surface area (Å²) in [5, 5.41) is 0. The summed E-state index contributed by atoms with van der Waals surface area (Å²) in [5.74, 6) is 2.00. The monoisotopic (exact) mass is 379 g/mol. The molecule has 0 bridgehead atoms. The molecule has 4 rings (SSSR count). The molecule has 0 saturated heterocycles. The fourth-order valence-corrected chi connectivity index (χ4v) is 3.43. The maximum atomic E-state index is 12.6. The fraction of sp³-hybridized carbons (Fsp3) is 0.364. The smallest absolute Gasteiger partial charge is 0.256 e. The van der Waals surface area contributed by atoms with Crippen molar-refractivity contribution in [2.45, 2.75) is 39.3 Å². The van der Waals surface area contributed by atoms with Gasteiger partial charge >= 0.3 is 0 Å². The van der Waals surface area contributed by atoms with E-state index in [0.29, 0.717) is 18.1 Å². The highest BCUT2D eigenvalue weighted by molar-refractivity contribution is 5.47. The quantitative estimate of drug-likeness (QED) is 0.633. The van der Waals surface area contributed by atoms with Gasteiger partial charge in [-0.05, 0) is 36.2 Å². The van der Waals surface area contributed by atoms with Gasteiger partial charge in [0.1, 0.15) is 5.75 Å². The van der Waals surface area contributed by atoms with E-state index in [1.807, 2.05) is 12.1 Å². The van der Waals surface area contributed by atoms with Crippen molar-refractivity contribution in [1.29, 1.82) is 0 Å². The highest BCUT2D eigenvalue weighted by atomic mass is 16.5. The Labute approximate surface area is 164 Å². The number of aromatic nitrogens is 2. The van der Waals surface area contributed by atoms with Gasteiger partial charge in [0.25, 0.3) is 5.56 Å². The number of aromatic amines is 1. The molecule has 0 atom stereocenters. The van der Waals surface area contributed by atoms with Crippen LogP contribution < -0.4 is 10.3 Å². The molecule has 2 aromatic heterocycles. The van der Waals surface area contributed by atoms with Crippen LogP contribution in [0.1, 0.15) is 36.6 Å². The molecule has 1 aliphatic heterocycles. The topological polar surface area (TPSA) is 71.4 Å². The first-order valence-corrected chi connectivity index (χ1v) is 9.83. The summed E-state index contributed by atoms with van der Waals surface area (Å²) < 4.78 is 11.1. The molecule has 1 aliphatic rings. The zero-order chi connectivity index (χ0) is 19.3. The minimum atomic E-state index is -0.0826. The Hall–Kier alpha value is -2.86. The van der Waals surface area contributed by atoms with Crippen molar-refractivity contribution in [3.8, 4) is 17.3 Å². The first kappa shape index (κ1) is 18.5. The Balaban J connectivity index is 1.42. The van der Waals surface area contributed by atoms with Crippen LogP contribution in [0.2, 0.25) is 0 Å². The third-order valence-corrected chi connectivity index (χ3v) is 5.00. The summed E-state index contributed by atoms with van der Waals surface area (Å²) >= 11 is 0. The van der Waals surface area contributed by atoms with Crippen LogP contribution in [0, 0.1) is 0 Å². The van der Waals surface area contributed by atoms with Gasteiger partial charge in [-0.1, -0.05) is 25.5 Å². The lowest BCUT2D eigenvalue weighted by molar-refractivity contribution is 0.241. The Morgan fingerprint density at radius 2 is 2.11 bits per heavy atom. The SMILES string of the molecule is CCCCOc1ccc(CN2CCc3nc(-c4ccco4)[nH]c(=O)c3C2)cc1. The van der Waals surface area contributed by atoms with E-state index in [1.165, 1.54) is 5.56 Å². The number of unbranched alkanes of at least 4 members (excludes halogenated alkanes) is 1. The van der Waals surface area contributed by atoms with Gasteiger partial charge < -0.3 is 14.1 Å². The molecule has 1 N–H and O–H groups in total. The molecule has 0 radical (unpaired) electrons. The summed E-state index contributed by atoms with van der Waals surface area (Å²) in [4.78, 5) is 22.3. The van der Waals surface area contributed by atoms with Crippen LogP contribution in [0.3, 0.4) is 0 Å². The van der Waals surface area contributed by atoms with Crippen LogP contribution in [0.25, 0.3) is 11.6 Å². The van der Waals surface area contributed by atoms with Crippen molar-refractivity contribution in [3.63, 3.8) is 0 Å². The van der Waals surface area contributed by atoms with Crippen molar-refractivity contribution in [2.75, 3.05) is 13.2 Å². The molecule has 3 aromatic rings. The lowest BCUT2D eigenvalue weighted by atomic mass is 10.1. The molecule has 0 aliphatic carbocycles. The van der Waals surface area contributed by atoms with Gasteiger partial charge in [-0.25, -0.2) is 4.98 Å². The van der Waals surface area contributed by atoms with Crippen molar-refractivity contribution >= 4 is 0 Å². The maximum Gasteiger partial charge on any atom is 0.256 e. The summed E-state index contributed by atoms with van der Waals surface area (Å²) in [6, 6.07) is 11.8.